The van der Waals surface area contributed by atoms with Crippen LogP contribution in [0.15, 0.2) is 12.3 Å². The van der Waals surface area contributed by atoms with Gasteiger partial charge in [0.1, 0.15) is 5.69 Å². The second-order valence-electron chi connectivity index (χ2n) is 5.26. The number of carbonyl (C=O) groups is 1. The Bertz CT molecular complexity index is 430. The molecule has 2 rings (SSSR count). The summed E-state index contributed by atoms with van der Waals surface area (Å²) in [4.78, 5) is 16.5. The van der Waals surface area contributed by atoms with Crippen LogP contribution in [0.2, 0.25) is 0 Å². The van der Waals surface area contributed by atoms with Gasteiger partial charge in [0, 0.05) is 32.4 Å². The van der Waals surface area contributed by atoms with Crippen molar-refractivity contribution in [1.82, 2.24) is 14.4 Å². The summed E-state index contributed by atoms with van der Waals surface area (Å²) in [6, 6.07) is 2.34. The number of amides is 1. The van der Waals surface area contributed by atoms with Crippen molar-refractivity contribution in [3.8, 4) is 0 Å². The molecule has 2 N–H and O–H groups in total. The Kier molecular flexibility index (Phi) is 3.61. The van der Waals surface area contributed by atoms with Crippen LogP contribution in [0.3, 0.4) is 0 Å². The van der Waals surface area contributed by atoms with Crippen LogP contribution in [0.5, 0.6) is 0 Å². The minimum atomic E-state index is 0.0893. The third-order valence-corrected chi connectivity index (χ3v) is 3.73. The number of aryl methyl sites for hydroxylation is 1. The fraction of sp³-hybridized carbons (Fsp3) is 0.615. The normalized spacial score (nSPS) is 17.4. The standard InChI is InChI=1S/C13H22N4O/c1-15(2)11-4-6-17(7-5-11)13(18)12-8-10(14)9-16(12)3/h8-9,11H,4-7,14H2,1-3H3. The van der Waals surface area contributed by atoms with Gasteiger partial charge in [0.05, 0.1) is 5.69 Å². The van der Waals surface area contributed by atoms with Gasteiger partial charge in [-0.05, 0) is 33.0 Å². The Morgan fingerprint density at radius 1 is 1.39 bits per heavy atom. The summed E-state index contributed by atoms with van der Waals surface area (Å²) in [6.45, 7) is 1.65. The molecule has 0 aromatic carbocycles. The van der Waals surface area contributed by atoms with Crippen LogP contribution < -0.4 is 5.73 Å². The van der Waals surface area contributed by atoms with Crippen molar-refractivity contribution in [2.24, 2.45) is 7.05 Å². The van der Waals surface area contributed by atoms with Crippen LogP contribution in [0, 0.1) is 0 Å². The maximum Gasteiger partial charge on any atom is 0.270 e. The maximum atomic E-state index is 12.3. The zero-order valence-corrected chi connectivity index (χ0v) is 11.4. The van der Waals surface area contributed by atoms with E-state index in [0.29, 0.717) is 17.4 Å². The van der Waals surface area contributed by atoms with Gasteiger partial charge in [0.15, 0.2) is 0 Å². The summed E-state index contributed by atoms with van der Waals surface area (Å²) in [6.07, 6.45) is 3.86. The average Bonchev–Trinajstić information content (AvgIpc) is 2.67. The number of anilines is 1. The Morgan fingerprint density at radius 2 is 2.00 bits per heavy atom. The Labute approximate surface area is 108 Å². The molecule has 0 spiro atoms. The maximum absolute atomic E-state index is 12.3. The number of nitrogens with zero attached hydrogens (tertiary/aromatic N) is 3. The number of aromatic nitrogens is 1. The number of carbonyl (C=O) groups excluding carboxylic acids is 1. The van der Waals surface area contributed by atoms with E-state index in [1.807, 2.05) is 11.9 Å². The quantitative estimate of drug-likeness (QED) is 0.843. The van der Waals surface area contributed by atoms with Gasteiger partial charge in [-0.3, -0.25) is 4.79 Å². The summed E-state index contributed by atoms with van der Waals surface area (Å²) in [7, 11) is 6.05. The monoisotopic (exact) mass is 250 g/mol. The lowest BCUT2D eigenvalue weighted by Gasteiger charge is -2.35. The predicted molar refractivity (Wildman–Crippen MR) is 72.4 cm³/mol. The summed E-state index contributed by atoms with van der Waals surface area (Å²) < 4.78 is 1.80. The molecule has 1 amide bonds. The molecule has 0 aliphatic carbocycles. The molecule has 0 unspecified atom stereocenters. The van der Waals surface area contributed by atoms with E-state index < -0.39 is 0 Å². The first-order valence-corrected chi connectivity index (χ1v) is 6.36. The highest BCUT2D eigenvalue weighted by Gasteiger charge is 2.25. The second-order valence-corrected chi connectivity index (χ2v) is 5.26. The highest BCUT2D eigenvalue weighted by molar-refractivity contribution is 5.93. The topological polar surface area (TPSA) is 54.5 Å². The first-order chi connectivity index (χ1) is 8.49. The van der Waals surface area contributed by atoms with E-state index >= 15 is 0 Å². The van der Waals surface area contributed by atoms with E-state index in [2.05, 4.69) is 19.0 Å². The number of hydrogen-bond donors (Lipinski definition) is 1. The van der Waals surface area contributed by atoms with Crippen LogP contribution in [0.4, 0.5) is 5.69 Å². The summed E-state index contributed by atoms with van der Waals surface area (Å²) in [5, 5.41) is 0. The fourth-order valence-electron chi connectivity index (χ4n) is 2.55. The molecule has 2 heterocycles. The highest BCUT2D eigenvalue weighted by atomic mass is 16.2. The van der Waals surface area contributed by atoms with Gasteiger partial charge >= 0.3 is 0 Å². The van der Waals surface area contributed by atoms with Gasteiger partial charge in [0.25, 0.3) is 5.91 Å². The molecule has 1 aliphatic rings. The van der Waals surface area contributed by atoms with Gasteiger partial charge in [-0.15, -0.1) is 0 Å². The lowest BCUT2D eigenvalue weighted by atomic mass is 10.0. The van der Waals surface area contributed by atoms with Crippen LogP contribution >= 0.6 is 0 Å². The number of likely N-dealkylation sites (tertiary alicyclic amines) is 1. The van der Waals surface area contributed by atoms with Crippen LogP contribution in [0.25, 0.3) is 0 Å². The van der Waals surface area contributed by atoms with Crippen molar-refractivity contribution in [2.45, 2.75) is 18.9 Å². The molecular weight excluding hydrogens is 228 g/mol. The number of hydrogen-bond acceptors (Lipinski definition) is 3. The van der Waals surface area contributed by atoms with E-state index in [1.54, 1.807) is 16.8 Å². The number of piperidine rings is 1. The molecule has 100 valence electrons. The molecule has 1 aromatic rings. The Balaban J connectivity index is 2.02. The van der Waals surface area contributed by atoms with E-state index in [4.69, 9.17) is 5.73 Å². The largest absolute Gasteiger partial charge is 0.397 e. The van der Waals surface area contributed by atoms with Gasteiger partial charge in [0.2, 0.25) is 0 Å². The third kappa shape index (κ3) is 2.51. The minimum absolute atomic E-state index is 0.0893. The zero-order valence-electron chi connectivity index (χ0n) is 11.4. The Morgan fingerprint density at radius 3 is 2.44 bits per heavy atom. The van der Waals surface area contributed by atoms with E-state index in [9.17, 15) is 4.79 Å². The molecule has 5 nitrogen and oxygen atoms in total. The average molecular weight is 250 g/mol. The lowest BCUT2D eigenvalue weighted by Crippen LogP contribution is -2.44. The molecule has 18 heavy (non-hydrogen) atoms. The smallest absolute Gasteiger partial charge is 0.270 e. The first-order valence-electron chi connectivity index (χ1n) is 6.36. The van der Waals surface area contributed by atoms with Crippen molar-refractivity contribution in [3.63, 3.8) is 0 Å². The summed E-state index contributed by atoms with van der Waals surface area (Å²) >= 11 is 0. The molecule has 1 fully saturated rings. The number of nitrogen functional groups attached to an aromatic ring is 1. The Hall–Kier alpha value is -1.49. The molecule has 0 radical (unpaired) electrons. The zero-order chi connectivity index (χ0) is 13.3. The van der Waals surface area contributed by atoms with Crippen molar-refractivity contribution in [2.75, 3.05) is 32.9 Å². The van der Waals surface area contributed by atoms with E-state index in [0.717, 1.165) is 25.9 Å². The predicted octanol–water partition coefficient (Wildman–Crippen LogP) is 0.773. The highest BCUT2D eigenvalue weighted by Crippen LogP contribution is 2.18. The van der Waals surface area contributed by atoms with Crippen molar-refractivity contribution >= 4 is 11.6 Å². The van der Waals surface area contributed by atoms with Gasteiger partial charge in [-0.1, -0.05) is 0 Å². The lowest BCUT2D eigenvalue weighted by molar-refractivity contribution is 0.0654. The number of nitrogens with two attached hydrogens (primary N) is 1. The molecule has 0 saturated carbocycles. The molecule has 0 atom stereocenters. The van der Waals surface area contributed by atoms with Crippen LogP contribution in [0.1, 0.15) is 23.3 Å². The SMILES string of the molecule is CN(C)C1CCN(C(=O)c2cc(N)cn2C)CC1. The van der Waals surface area contributed by atoms with Crippen molar-refractivity contribution in [1.29, 1.82) is 0 Å². The molecule has 1 aliphatic heterocycles. The molecule has 5 heteroatoms. The summed E-state index contributed by atoms with van der Waals surface area (Å²) in [5.41, 5.74) is 7.03. The molecular formula is C13H22N4O. The number of rotatable bonds is 2. The van der Waals surface area contributed by atoms with Crippen LogP contribution in [-0.2, 0) is 7.05 Å². The van der Waals surface area contributed by atoms with Crippen LogP contribution in [-0.4, -0.2) is 53.5 Å². The molecule has 1 aromatic heterocycles. The van der Waals surface area contributed by atoms with E-state index in [-0.39, 0.29) is 5.91 Å². The summed E-state index contributed by atoms with van der Waals surface area (Å²) in [5.74, 6) is 0.0893. The first kappa shape index (κ1) is 13.0. The molecule has 1 saturated heterocycles. The van der Waals surface area contributed by atoms with Crippen molar-refractivity contribution in [3.05, 3.63) is 18.0 Å². The fourth-order valence-corrected chi connectivity index (χ4v) is 2.55. The second kappa shape index (κ2) is 5.02. The van der Waals surface area contributed by atoms with Gasteiger partial charge in [-0.25, -0.2) is 0 Å². The molecule has 0 bridgehead atoms. The third-order valence-electron chi connectivity index (χ3n) is 3.73. The van der Waals surface area contributed by atoms with E-state index in [1.165, 1.54) is 0 Å². The van der Waals surface area contributed by atoms with Gasteiger partial charge in [-0.2, -0.15) is 0 Å². The van der Waals surface area contributed by atoms with Crippen molar-refractivity contribution < 1.29 is 4.79 Å². The minimum Gasteiger partial charge on any atom is -0.397 e. The van der Waals surface area contributed by atoms with Gasteiger partial charge < -0.3 is 20.1 Å².